The third kappa shape index (κ3) is 7.20. The van der Waals surface area contributed by atoms with E-state index in [9.17, 15) is 14.7 Å². The number of carbonyl (C=O) groups is 2. The number of rotatable bonds is 11. The highest BCUT2D eigenvalue weighted by atomic mass is 35.5. The lowest BCUT2D eigenvalue weighted by Crippen LogP contribution is -2.37. The minimum atomic E-state index is -1.53. The summed E-state index contributed by atoms with van der Waals surface area (Å²) < 4.78 is 16.7. The predicted molar refractivity (Wildman–Crippen MR) is 121 cm³/mol. The van der Waals surface area contributed by atoms with E-state index in [0.29, 0.717) is 41.0 Å². The highest BCUT2D eigenvalue weighted by molar-refractivity contribution is 6.32. The van der Waals surface area contributed by atoms with Crippen LogP contribution < -0.4 is 24.6 Å². The summed E-state index contributed by atoms with van der Waals surface area (Å²) in [5.41, 5.74) is 1.73. The van der Waals surface area contributed by atoms with Gasteiger partial charge in [0.1, 0.15) is 5.75 Å². The largest absolute Gasteiger partial charge is 0.543 e. The zero-order valence-electron chi connectivity index (χ0n) is 18.6. The third-order valence-corrected chi connectivity index (χ3v) is 4.91. The molecule has 2 aromatic rings. The number of carboxylic acids is 1. The van der Waals surface area contributed by atoms with Crippen molar-refractivity contribution in [1.29, 1.82) is 0 Å². The molecule has 0 radical (unpaired) electrons. The average molecular weight is 461 g/mol. The van der Waals surface area contributed by atoms with Crippen LogP contribution in [0.5, 0.6) is 17.2 Å². The van der Waals surface area contributed by atoms with Crippen LogP contribution in [0.3, 0.4) is 0 Å². The van der Waals surface area contributed by atoms with Crippen molar-refractivity contribution >= 4 is 29.6 Å². The zero-order valence-corrected chi connectivity index (χ0v) is 19.4. The van der Waals surface area contributed by atoms with Gasteiger partial charge in [-0.15, -0.1) is 0 Å². The van der Waals surface area contributed by atoms with Gasteiger partial charge in [0.05, 0.1) is 24.9 Å². The monoisotopic (exact) mass is 460 g/mol. The number of hydrogen-bond donors (Lipinski definition) is 1. The molecule has 0 heterocycles. The molecule has 2 rings (SSSR count). The van der Waals surface area contributed by atoms with Crippen molar-refractivity contribution in [2.75, 3.05) is 19.8 Å². The fourth-order valence-corrected chi connectivity index (χ4v) is 2.96. The summed E-state index contributed by atoms with van der Waals surface area (Å²) in [4.78, 5) is 23.8. The Morgan fingerprint density at radius 1 is 1.03 bits per heavy atom. The molecule has 1 N–H and O–H groups in total. The summed E-state index contributed by atoms with van der Waals surface area (Å²) in [5.74, 6) is -0.663. The second-order valence-electron chi connectivity index (χ2n) is 7.04. The SMILES string of the molecule is CCCOc1ccc(/C=C(/NC(=O)COc2cc(C)c(Cl)c(C)c2)C(=O)[O-])cc1OCC. The first-order valence-corrected chi connectivity index (χ1v) is 10.6. The molecule has 0 unspecified atom stereocenters. The van der Waals surface area contributed by atoms with Crippen molar-refractivity contribution in [3.63, 3.8) is 0 Å². The van der Waals surface area contributed by atoms with Crippen LogP contribution in [-0.4, -0.2) is 31.7 Å². The number of amides is 1. The molecular formula is C24H27ClNO6-. The van der Waals surface area contributed by atoms with E-state index in [1.165, 1.54) is 6.08 Å². The number of carbonyl (C=O) groups excluding carboxylic acids is 2. The Kier molecular flexibility index (Phi) is 9.40. The Balaban J connectivity index is 2.13. The van der Waals surface area contributed by atoms with Crippen LogP contribution in [0, 0.1) is 13.8 Å². The average Bonchev–Trinajstić information content (AvgIpc) is 2.75. The molecule has 0 bridgehead atoms. The van der Waals surface area contributed by atoms with Gasteiger partial charge in [-0.1, -0.05) is 24.6 Å². The van der Waals surface area contributed by atoms with E-state index in [0.717, 1.165) is 17.5 Å². The first-order valence-electron chi connectivity index (χ1n) is 10.3. The lowest BCUT2D eigenvalue weighted by atomic mass is 10.1. The Morgan fingerprint density at radius 2 is 1.72 bits per heavy atom. The van der Waals surface area contributed by atoms with Gasteiger partial charge in [-0.25, -0.2) is 0 Å². The maximum absolute atomic E-state index is 12.3. The molecule has 7 nitrogen and oxygen atoms in total. The number of benzene rings is 2. The fourth-order valence-electron chi connectivity index (χ4n) is 2.85. The highest BCUT2D eigenvalue weighted by Gasteiger charge is 2.11. The molecule has 0 aliphatic heterocycles. The zero-order chi connectivity index (χ0) is 23.7. The summed E-state index contributed by atoms with van der Waals surface area (Å²) in [7, 11) is 0. The second-order valence-corrected chi connectivity index (χ2v) is 7.42. The van der Waals surface area contributed by atoms with Crippen LogP contribution in [0.15, 0.2) is 36.0 Å². The van der Waals surface area contributed by atoms with Crippen LogP contribution in [-0.2, 0) is 9.59 Å². The number of carboxylic acid groups (broad SMARTS) is 1. The molecule has 8 heteroatoms. The van der Waals surface area contributed by atoms with Crippen molar-refractivity contribution < 1.29 is 28.9 Å². The van der Waals surface area contributed by atoms with Crippen LogP contribution in [0.2, 0.25) is 5.02 Å². The lowest BCUT2D eigenvalue weighted by Gasteiger charge is -2.14. The maximum atomic E-state index is 12.3. The molecule has 0 atom stereocenters. The molecule has 0 saturated carbocycles. The van der Waals surface area contributed by atoms with Gasteiger partial charge < -0.3 is 29.4 Å². The first kappa shape index (κ1) is 25.1. The summed E-state index contributed by atoms with van der Waals surface area (Å²) >= 11 is 6.13. The van der Waals surface area contributed by atoms with Crippen LogP contribution >= 0.6 is 11.6 Å². The van der Waals surface area contributed by atoms with Gasteiger partial charge >= 0.3 is 0 Å². The quantitative estimate of drug-likeness (QED) is 0.516. The Bertz CT molecular complexity index is 979. The highest BCUT2D eigenvalue weighted by Crippen LogP contribution is 2.29. The fraction of sp³-hybridized carbons (Fsp3) is 0.333. The van der Waals surface area contributed by atoms with Crippen molar-refractivity contribution in [3.05, 3.63) is 57.7 Å². The number of hydrogen-bond acceptors (Lipinski definition) is 6. The van der Waals surface area contributed by atoms with E-state index in [-0.39, 0.29) is 6.61 Å². The van der Waals surface area contributed by atoms with Crippen LogP contribution in [0.4, 0.5) is 0 Å². The minimum absolute atomic E-state index is 0.376. The lowest BCUT2D eigenvalue weighted by molar-refractivity contribution is -0.299. The van der Waals surface area contributed by atoms with E-state index < -0.39 is 17.6 Å². The molecule has 0 aliphatic carbocycles. The Labute approximate surface area is 192 Å². The Morgan fingerprint density at radius 3 is 2.31 bits per heavy atom. The van der Waals surface area contributed by atoms with Gasteiger partial charge in [0, 0.05) is 5.02 Å². The van der Waals surface area contributed by atoms with Gasteiger partial charge in [-0.3, -0.25) is 4.79 Å². The van der Waals surface area contributed by atoms with Crippen molar-refractivity contribution in [2.45, 2.75) is 34.1 Å². The molecule has 1 amide bonds. The topological polar surface area (TPSA) is 96.9 Å². The number of aryl methyl sites for hydroxylation is 2. The third-order valence-electron chi connectivity index (χ3n) is 4.31. The number of ether oxygens (including phenoxy) is 3. The first-order chi connectivity index (χ1) is 15.2. The smallest absolute Gasteiger partial charge is 0.262 e. The van der Waals surface area contributed by atoms with Gasteiger partial charge in [-0.2, -0.15) is 0 Å². The number of halogens is 1. The number of nitrogens with one attached hydrogen (secondary N) is 1. The van der Waals surface area contributed by atoms with Crippen LogP contribution in [0.1, 0.15) is 37.0 Å². The van der Waals surface area contributed by atoms with Crippen molar-refractivity contribution in [2.24, 2.45) is 0 Å². The van der Waals surface area contributed by atoms with E-state index >= 15 is 0 Å². The second kappa shape index (κ2) is 12.0. The van der Waals surface area contributed by atoms with Crippen molar-refractivity contribution in [3.8, 4) is 17.2 Å². The normalized spacial score (nSPS) is 11.1. The summed E-state index contributed by atoms with van der Waals surface area (Å²) in [6.45, 7) is 8.05. The molecule has 0 spiro atoms. The molecule has 0 fully saturated rings. The predicted octanol–water partition coefficient (Wildman–Crippen LogP) is 3.43. The molecule has 0 saturated heterocycles. The van der Waals surface area contributed by atoms with E-state index in [4.69, 9.17) is 25.8 Å². The van der Waals surface area contributed by atoms with Gasteiger partial charge in [0.25, 0.3) is 5.91 Å². The standard InChI is InChI=1S/C24H28ClNO6/c1-5-9-31-20-8-7-17(13-21(20)30-6-2)12-19(24(28)29)26-22(27)14-32-18-10-15(3)23(25)16(4)11-18/h7-8,10-13H,5-6,9,14H2,1-4H3,(H,26,27)(H,28,29)/p-1/b19-12+. The summed E-state index contributed by atoms with van der Waals surface area (Å²) in [6.07, 6.45) is 2.13. The molecule has 0 aromatic heterocycles. The number of aliphatic carboxylic acids is 1. The van der Waals surface area contributed by atoms with Gasteiger partial charge in [-0.05, 0) is 74.2 Å². The summed E-state index contributed by atoms with van der Waals surface area (Å²) in [5, 5.41) is 14.5. The van der Waals surface area contributed by atoms with E-state index in [1.54, 1.807) is 30.3 Å². The molecule has 32 heavy (non-hydrogen) atoms. The van der Waals surface area contributed by atoms with Crippen LogP contribution in [0.25, 0.3) is 6.08 Å². The van der Waals surface area contributed by atoms with Gasteiger partial charge in [0.15, 0.2) is 18.1 Å². The van der Waals surface area contributed by atoms with E-state index in [2.05, 4.69) is 5.32 Å². The maximum Gasteiger partial charge on any atom is 0.262 e. The molecule has 172 valence electrons. The van der Waals surface area contributed by atoms with E-state index in [1.807, 2.05) is 27.7 Å². The molecular weight excluding hydrogens is 434 g/mol. The van der Waals surface area contributed by atoms with Crippen molar-refractivity contribution in [1.82, 2.24) is 5.32 Å². The molecule has 2 aromatic carbocycles. The Hall–Kier alpha value is -3.19. The molecule has 0 aliphatic rings. The summed E-state index contributed by atoms with van der Waals surface area (Å²) in [6, 6.07) is 8.40. The minimum Gasteiger partial charge on any atom is -0.543 e. The van der Waals surface area contributed by atoms with Gasteiger partial charge in [0.2, 0.25) is 0 Å².